The Bertz CT molecular complexity index is 624. The van der Waals surface area contributed by atoms with E-state index in [0.29, 0.717) is 11.3 Å². The summed E-state index contributed by atoms with van der Waals surface area (Å²) in [7, 11) is 0. The minimum absolute atomic E-state index is 0.115. The van der Waals surface area contributed by atoms with Crippen molar-refractivity contribution in [2.24, 2.45) is 46.3 Å². The number of fused-ring (bicyclic) bond motifs is 5. The second kappa shape index (κ2) is 7.97. The van der Waals surface area contributed by atoms with Gasteiger partial charge >= 0.3 is 0 Å². The van der Waals surface area contributed by atoms with Gasteiger partial charge in [-0.05, 0) is 96.9 Å². The van der Waals surface area contributed by atoms with E-state index in [4.69, 9.17) is 0 Å². The van der Waals surface area contributed by atoms with Gasteiger partial charge in [-0.2, -0.15) is 0 Å². The van der Waals surface area contributed by atoms with E-state index in [2.05, 4.69) is 40.7 Å². The van der Waals surface area contributed by atoms with Gasteiger partial charge in [0.1, 0.15) is 6.10 Å². The summed E-state index contributed by atoms with van der Waals surface area (Å²) in [5.74, 6) is 4.95. The van der Waals surface area contributed by atoms with Gasteiger partial charge in [0.2, 0.25) is 0 Å². The number of hydrogen-bond donors (Lipinski definition) is 2. The van der Waals surface area contributed by atoms with Crippen LogP contribution in [0, 0.1) is 46.3 Å². The van der Waals surface area contributed by atoms with Crippen molar-refractivity contribution in [1.29, 1.82) is 0 Å². The first-order valence-corrected chi connectivity index (χ1v) is 12.7. The molecule has 2 N–H and O–H groups in total. The molecule has 0 bridgehead atoms. The van der Waals surface area contributed by atoms with Crippen molar-refractivity contribution in [3.63, 3.8) is 0 Å². The Labute approximate surface area is 179 Å². The zero-order chi connectivity index (χ0) is 21.0. The van der Waals surface area contributed by atoms with E-state index in [1.54, 1.807) is 0 Å². The Hall–Kier alpha value is -0.340. The third-order valence-corrected chi connectivity index (χ3v) is 10.4. The molecule has 1 unspecified atom stereocenters. The van der Waals surface area contributed by atoms with Crippen molar-refractivity contribution >= 4 is 0 Å². The molecule has 0 aliphatic heterocycles. The maximum atomic E-state index is 10.7. The Morgan fingerprint density at radius 1 is 0.966 bits per heavy atom. The molecule has 4 aliphatic carbocycles. The molecular weight excluding hydrogens is 356 g/mol. The predicted molar refractivity (Wildman–Crippen MR) is 120 cm³/mol. The highest BCUT2D eigenvalue weighted by molar-refractivity contribution is 5.29. The molecule has 166 valence electrons. The molecule has 3 saturated carbocycles. The summed E-state index contributed by atoms with van der Waals surface area (Å²) in [4.78, 5) is 0. The topological polar surface area (TPSA) is 40.5 Å². The fraction of sp³-hybridized carbons (Fsp3) is 0.926. The molecule has 2 nitrogen and oxygen atoms in total. The lowest BCUT2D eigenvalue weighted by Crippen LogP contribution is -2.53. The van der Waals surface area contributed by atoms with Gasteiger partial charge in [-0.25, -0.2) is 0 Å². The molecular formula is C27H46O2. The molecule has 0 saturated heterocycles. The molecule has 0 amide bonds. The van der Waals surface area contributed by atoms with Crippen molar-refractivity contribution in [3.05, 3.63) is 11.6 Å². The van der Waals surface area contributed by atoms with Crippen molar-refractivity contribution in [1.82, 2.24) is 0 Å². The van der Waals surface area contributed by atoms with Crippen LogP contribution in [0.15, 0.2) is 11.6 Å². The number of aliphatic hydroxyl groups excluding tert-OH is 2. The first-order chi connectivity index (χ1) is 13.7. The second-order valence-corrected chi connectivity index (χ2v) is 12.3. The van der Waals surface area contributed by atoms with E-state index in [9.17, 15) is 10.2 Å². The van der Waals surface area contributed by atoms with E-state index >= 15 is 0 Å². The van der Waals surface area contributed by atoms with Crippen molar-refractivity contribution in [2.75, 3.05) is 0 Å². The fourth-order valence-corrected chi connectivity index (χ4v) is 8.74. The number of aliphatic hydroxyl groups is 2. The van der Waals surface area contributed by atoms with Crippen LogP contribution in [0.3, 0.4) is 0 Å². The standard InChI is InChI=1S/C27H46O2/c1-17(2)7-6-8-18(3)20-11-12-21-19-9-10-23-25(29)24(28)14-16-27(23,5)22(19)13-15-26(20,21)4/h10,17-22,24-25,28-29H,6-9,11-16H2,1-5H3/t18?,19-,20+,21-,22-,24-,25+,26+,27+/m0/s1. The van der Waals surface area contributed by atoms with Gasteiger partial charge in [0.25, 0.3) is 0 Å². The fourth-order valence-electron chi connectivity index (χ4n) is 8.74. The SMILES string of the molecule is CC(C)CCCC(C)[C@H]1CC[C@H]2[C@@H]3CC=C4[C@@H](O)[C@@H](O)CC[C@]4(C)[C@H]3CC[C@]12C. The Morgan fingerprint density at radius 3 is 2.45 bits per heavy atom. The predicted octanol–water partition coefficient (Wildman–Crippen LogP) is 6.36. The van der Waals surface area contributed by atoms with Gasteiger partial charge in [0.05, 0.1) is 6.10 Å². The van der Waals surface area contributed by atoms with E-state index in [-0.39, 0.29) is 5.41 Å². The molecule has 0 aromatic rings. The van der Waals surface area contributed by atoms with E-state index in [0.717, 1.165) is 48.9 Å². The lowest BCUT2D eigenvalue weighted by molar-refractivity contribution is -0.0801. The minimum Gasteiger partial charge on any atom is -0.390 e. The normalized spacial score (nSPS) is 47.9. The first-order valence-electron chi connectivity index (χ1n) is 12.7. The second-order valence-electron chi connectivity index (χ2n) is 12.3. The highest BCUT2D eigenvalue weighted by Gasteiger charge is 2.60. The quantitative estimate of drug-likeness (QED) is 0.525. The largest absolute Gasteiger partial charge is 0.390 e. The Balaban J connectivity index is 1.51. The zero-order valence-electron chi connectivity index (χ0n) is 19.7. The average Bonchev–Trinajstić information content (AvgIpc) is 3.02. The van der Waals surface area contributed by atoms with Gasteiger partial charge in [-0.1, -0.05) is 60.0 Å². The summed E-state index contributed by atoms with van der Waals surface area (Å²) >= 11 is 0. The van der Waals surface area contributed by atoms with Crippen LogP contribution < -0.4 is 0 Å². The molecule has 0 heterocycles. The molecule has 3 fully saturated rings. The third-order valence-electron chi connectivity index (χ3n) is 10.4. The smallest absolute Gasteiger partial charge is 0.101 e. The molecule has 4 aliphatic rings. The van der Waals surface area contributed by atoms with Crippen molar-refractivity contribution in [2.45, 2.75) is 111 Å². The highest BCUT2D eigenvalue weighted by Crippen LogP contribution is 2.67. The molecule has 9 atom stereocenters. The Morgan fingerprint density at radius 2 is 1.72 bits per heavy atom. The third kappa shape index (κ3) is 3.55. The summed E-state index contributed by atoms with van der Waals surface area (Å²) in [6.45, 7) is 12.3. The summed E-state index contributed by atoms with van der Waals surface area (Å²) < 4.78 is 0. The molecule has 4 rings (SSSR count). The zero-order valence-corrected chi connectivity index (χ0v) is 19.7. The molecule has 0 aromatic heterocycles. The van der Waals surface area contributed by atoms with Crippen LogP contribution in [0.5, 0.6) is 0 Å². The summed E-state index contributed by atoms with van der Waals surface area (Å²) in [5, 5.41) is 20.9. The monoisotopic (exact) mass is 402 g/mol. The van der Waals surface area contributed by atoms with E-state index in [1.807, 2.05) is 0 Å². The molecule has 0 spiro atoms. The summed E-state index contributed by atoms with van der Waals surface area (Å²) in [6.07, 6.45) is 13.9. The lowest BCUT2D eigenvalue weighted by atomic mass is 9.46. The maximum Gasteiger partial charge on any atom is 0.101 e. The van der Waals surface area contributed by atoms with Crippen LogP contribution in [0.25, 0.3) is 0 Å². The molecule has 0 radical (unpaired) electrons. The van der Waals surface area contributed by atoms with Crippen LogP contribution in [0.4, 0.5) is 0 Å². The summed E-state index contributed by atoms with van der Waals surface area (Å²) in [5.41, 5.74) is 1.81. The number of allylic oxidation sites excluding steroid dienone is 1. The van der Waals surface area contributed by atoms with Crippen LogP contribution in [-0.2, 0) is 0 Å². The number of hydrogen-bond acceptors (Lipinski definition) is 2. The number of rotatable bonds is 5. The van der Waals surface area contributed by atoms with Gasteiger partial charge < -0.3 is 10.2 Å². The van der Waals surface area contributed by atoms with Gasteiger partial charge in [-0.3, -0.25) is 0 Å². The summed E-state index contributed by atoms with van der Waals surface area (Å²) in [6, 6.07) is 0. The molecule has 29 heavy (non-hydrogen) atoms. The van der Waals surface area contributed by atoms with Crippen LogP contribution >= 0.6 is 0 Å². The van der Waals surface area contributed by atoms with Crippen molar-refractivity contribution in [3.8, 4) is 0 Å². The van der Waals surface area contributed by atoms with Gasteiger partial charge in [0, 0.05) is 0 Å². The van der Waals surface area contributed by atoms with Crippen LogP contribution in [0.2, 0.25) is 0 Å². The van der Waals surface area contributed by atoms with Gasteiger partial charge in [-0.15, -0.1) is 0 Å². The molecule has 2 heteroatoms. The lowest BCUT2D eigenvalue weighted by Gasteiger charge is -2.59. The van der Waals surface area contributed by atoms with E-state index in [1.165, 1.54) is 50.5 Å². The average molecular weight is 403 g/mol. The van der Waals surface area contributed by atoms with Crippen LogP contribution in [0.1, 0.15) is 98.8 Å². The van der Waals surface area contributed by atoms with Crippen molar-refractivity contribution < 1.29 is 10.2 Å². The highest BCUT2D eigenvalue weighted by atomic mass is 16.3. The van der Waals surface area contributed by atoms with Crippen LogP contribution in [-0.4, -0.2) is 22.4 Å². The minimum atomic E-state index is -0.625. The first kappa shape index (κ1) is 21.9. The molecule has 0 aromatic carbocycles. The van der Waals surface area contributed by atoms with E-state index < -0.39 is 12.2 Å². The maximum absolute atomic E-state index is 10.7. The Kier molecular flexibility index (Phi) is 6.01. The van der Waals surface area contributed by atoms with Gasteiger partial charge in [0.15, 0.2) is 0 Å².